The predicted molar refractivity (Wildman–Crippen MR) is 69.6 cm³/mol. The van der Waals surface area contributed by atoms with Crippen molar-refractivity contribution in [1.29, 1.82) is 0 Å². The Morgan fingerprint density at radius 2 is 1.74 bits per heavy atom. The second kappa shape index (κ2) is 5.21. The highest BCUT2D eigenvalue weighted by Crippen LogP contribution is 2.14. The van der Waals surface area contributed by atoms with E-state index in [1.807, 2.05) is 0 Å². The van der Waals surface area contributed by atoms with Gasteiger partial charge < -0.3 is 10.8 Å². The Morgan fingerprint density at radius 1 is 1.16 bits per heavy atom. The monoisotopic (exact) mass is 280 g/mol. The molecule has 0 bridgehead atoms. The third-order valence-electron chi connectivity index (χ3n) is 2.30. The van der Waals surface area contributed by atoms with Gasteiger partial charge in [-0.15, -0.1) is 0 Å². The number of nitrogens with two attached hydrogens (primary N) is 1. The zero-order valence-electron chi connectivity index (χ0n) is 9.81. The molecule has 2 rings (SSSR count). The van der Waals surface area contributed by atoms with Crippen LogP contribution in [0.1, 0.15) is 5.56 Å². The molecule has 1 heterocycles. The van der Waals surface area contributed by atoms with Crippen molar-refractivity contribution in [2.24, 2.45) is 0 Å². The van der Waals surface area contributed by atoms with Gasteiger partial charge in [0.25, 0.3) is 10.0 Å². The standard InChI is InChI=1S/C11H12N4O3S/c12-9-1-3-10(4-2-9)19(17,18)15-11-13-5-8(7-16)6-14-11/h1-6,16H,7,12H2,(H,13,14,15). The molecule has 0 unspecified atom stereocenters. The molecule has 2 aromatic rings. The minimum Gasteiger partial charge on any atom is -0.399 e. The molecule has 0 amide bonds. The van der Waals surface area contributed by atoms with E-state index in [0.717, 1.165) is 0 Å². The van der Waals surface area contributed by atoms with E-state index in [-0.39, 0.29) is 17.5 Å². The lowest BCUT2D eigenvalue weighted by Crippen LogP contribution is -2.15. The average molecular weight is 280 g/mol. The first-order chi connectivity index (χ1) is 9.01. The lowest BCUT2D eigenvalue weighted by Gasteiger charge is -2.06. The minimum atomic E-state index is -3.74. The molecule has 0 spiro atoms. The fourth-order valence-corrected chi connectivity index (χ4v) is 2.27. The Bertz CT molecular complexity index is 653. The van der Waals surface area contributed by atoms with Gasteiger partial charge in [-0.1, -0.05) is 0 Å². The van der Waals surface area contributed by atoms with Gasteiger partial charge >= 0.3 is 0 Å². The predicted octanol–water partition coefficient (Wildman–Crippen LogP) is 0.352. The van der Waals surface area contributed by atoms with Crippen LogP contribution in [-0.4, -0.2) is 23.5 Å². The van der Waals surface area contributed by atoms with Gasteiger partial charge in [-0.05, 0) is 24.3 Å². The van der Waals surface area contributed by atoms with Gasteiger partial charge in [0, 0.05) is 23.6 Å². The minimum absolute atomic E-state index is 0.0611. The van der Waals surface area contributed by atoms with Crippen LogP contribution in [0.4, 0.5) is 11.6 Å². The van der Waals surface area contributed by atoms with Crippen LogP contribution in [0.3, 0.4) is 0 Å². The third-order valence-corrected chi connectivity index (χ3v) is 3.65. The fourth-order valence-electron chi connectivity index (χ4n) is 1.32. The summed E-state index contributed by atoms with van der Waals surface area (Å²) >= 11 is 0. The molecule has 0 aliphatic rings. The van der Waals surface area contributed by atoms with Gasteiger partial charge in [0.1, 0.15) is 0 Å². The van der Waals surface area contributed by atoms with Crippen molar-refractivity contribution in [3.63, 3.8) is 0 Å². The number of aliphatic hydroxyl groups is 1. The molecule has 0 saturated carbocycles. The highest BCUT2D eigenvalue weighted by Gasteiger charge is 2.15. The second-order valence-corrected chi connectivity index (χ2v) is 5.43. The molecule has 19 heavy (non-hydrogen) atoms. The summed E-state index contributed by atoms with van der Waals surface area (Å²) in [6.45, 7) is -0.203. The summed E-state index contributed by atoms with van der Waals surface area (Å²) in [5.41, 5.74) is 6.46. The number of sulfonamides is 1. The van der Waals surface area contributed by atoms with E-state index in [1.165, 1.54) is 36.7 Å². The highest BCUT2D eigenvalue weighted by molar-refractivity contribution is 7.92. The molecule has 0 atom stereocenters. The molecular formula is C11H12N4O3S. The molecule has 0 radical (unpaired) electrons. The van der Waals surface area contributed by atoms with E-state index in [9.17, 15) is 8.42 Å². The maximum atomic E-state index is 12.0. The maximum Gasteiger partial charge on any atom is 0.264 e. The molecule has 0 saturated heterocycles. The Hall–Kier alpha value is -2.19. The van der Waals surface area contributed by atoms with Crippen LogP contribution in [0.25, 0.3) is 0 Å². The topological polar surface area (TPSA) is 118 Å². The number of hydrogen-bond acceptors (Lipinski definition) is 6. The summed E-state index contributed by atoms with van der Waals surface area (Å²) < 4.78 is 26.2. The summed E-state index contributed by atoms with van der Waals surface area (Å²) in [6.07, 6.45) is 2.68. The van der Waals surface area contributed by atoms with Crippen molar-refractivity contribution in [3.05, 3.63) is 42.2 Å². The van der Waals surface area contributed by atoms with Gasteiger partial charge in [0.05, 0.1) is 11.5 Å². The van der Waals surface area contributed by atoms with Crippen molar-refractivity contribution in [2.75, 3.05) is 10.5 Å². The first-order valence-corrected chi connectivity index (χ1v) is 6.80. The van der Waals surface area contributed by atoms with Crippen molar-refractivity contribution >= 4 is 21.7 Å². The van der Waals surface area contributed by atoms with E-state index in [0.29, 0.717) is 11.3 Å². The first-order valence-electron chi connectivity index (χ1n) is 5.31. The zero-order valence-corrected chi connectivity index (χ0v) is 10.6. The van der Waals surface area contributed by atoms with Crippen LogP contribution in [0.5, 0.6) is 0 Å². The van der Waals surface area contributed by atoms with Gasteiger partial charge in [-0.2, -0.15) is 0 Å². The maximum absolute atomic E-state index is 12.0. The summed E-state index contributed by atoms with van der Waals surface area (Å²) in [6, 6.07) is 5.76. The summed E-state index contributed by atoms with van der Waals surface area (Å²) in [5, 5.41) is 8.83. The average Bonchev–Trinajstić information content (AvgIpc) is 2.40. The van der Waals surface area contributed by atoms with Crippen LogP contribution >= 0.6 is 0 Å². The number of anilines is 2. The summed E-state index contributed by atoms with van der Waals surface area (Å²) in [5.74, 6) is -0.0611. The van der Waals surface area contributed by atoms with E-state index in [1.54, 1.807) is 0 Å². The van der Waals surface area contributed by atoms with Gasteiger partial charge in [0.2, 0.25) is 5.95 Å². The van der Waals surface area contributed by atoms with Crippen molar-refractivity contribution in [1.82, 2.24) is 9.97 Å². The molecule has 0 fully saturated rings. The zero-order chi connectivity index (χ0) is 13.9. The SMILES string of the molecule is Nc1ccc(S(=O)(=O)Nc2ncc(CO)cn2)cc1. The number of aliphatic hydroxyl groups excluding tert-OH is 1. The number of hydrogen-bond donors (Lipinski definition) is 3. The number of aromatic nitrogens is 2. The molecule has 4 N–H and O–H groups in total. The Balaban J connectivity index is 2.23. The van der Waals surface area contributed by atoms with Crippen LogP contribution in [0, 0.1) is 0 Å². The van der Waals surface area contributed by atoms with E-state index in [4.69, 9.17) is 10.8 Å². The van der Waals surface area contributed by atoms with Crippen molar-refractivity contribution in [2.45, 2.75) is 11.5 Å². The molecule has 1 aromatic heterocycles. The third kappa shape index (κ3) is 3.18. The first kappa shape index (κ1) is 13.2. The molecule has 0 aliphatic carbocycles. The fraction of sp³-hybridized carbons (Fsp3) is 0.0909. The van der Waals surface area contributed by atoms with Gasteiger partial charge in [-0.3, -0.25) is 0 Å². The molecule has 100 valence electrons. The number of rotatable bonds is 4. The van der Waals surface area contributed by atoms with Crippen molar-refractivity contribution in [3.8, 4) is 0 Å². The Morgan fingerprint density at radius 3 is 2.26 bits per heavy atom. The van der Waals surface area contributed by atoms with Crippen LogP contribution in [0.2, 0.25) is 0 Å². The van der Waals surface area contributed by atoms with Gasteiger partial charge in [-0.25, -0.2) is 23.1 Å². The largest absolute Gasteiger partial charge is 0.399 e. The Kier molecular flexibility index (Phi) is 3.63. The molecule has 0 aliphatic heterocycles. The second-order valence-electron chi connectivity index (χ2n) is 3.75. The molecule has 1 aromatic carbocycles. The van der Waals surface area contributed by atoms with Crippen LogP contribution < -0.4 is 10.5 Å². The number of nitrogen functional groups attached to an aromatic ring is 1. The molecule has 8 heteroatoms. The lowest BCUT2D eigenvalue weighted by atomic mass is 10.3. The number of benzene rings is 1. The van der Waals surface area contributed by atoms with Gasteiger partial charge in [0.15, 0.2) is 0 Å². The Labute approximate surface area is 110 Å². The smallest absolute Gasteiger partial charge is 0.264 e. The highest BCUT2D eigenvalue weighted by atomic mass is 32.2. The summed E-state index contributed by atoms with van der Waals surface area (Å²) in [7, 11) is -3.74. The summed E-state index contributed by atoms with van der Waals surface area (Å²) in [4.78, 5) is 7.65. The molecular weight excluding hydrogens is 268 g/mol. The van der Waals surface area contributed by atoms with Crippen LogP contribution in [0.15, 0.2) is 41.6 Å². The quantitative estimate of drug-likeness (QED) is 0.695. The van der Waals surface area contributed by atoms with E-state index < -0.39 is 10.0 Å². The van der Waals surface area contributed by atoms with E-state index in [2.05, 4.69) is 14.7 Å². The number of nitrogens with one attached hydrogen (secondary N) is 1. The lowest BCUT2D eigenvalue weighted by molar-refractivity contribution is 0.281. The number of nitrogens with zero attached hydrogens (tertiary/aromatic N) is 2. The van der Waals surface area contributed by atoms with Crippen molar-refractivity contribution < 1.29 is 13.5 Å². The normalized spacial score (nSPS) is 11.2. The molecule has 7 nitrogen and oxygen atoms in total. The van der Waals surface area contributed by atoms with E-state index >= 15 is 0 Å². The van der Waals surface area contributed by atoms with Crippen LogP contribution in [-0.2, 0) is 16.6 Å².